The highest BCUT2D eigenvalue weighted by Crippen LogP contribution is 2.41. The van der Waals surface area contributed by atoms with Crippen molar-refractivity contribution >= 4 is 131 Å². The summed E-state index contributed by atoms with van der Waals surface area (Å²) in [5.74, 6) is -4.69. The van der Waals surface area contributed by atoms with Gasteiger partial charge in [-0.15, -0.1) is 34.0 Å². The third-order valence-corrected chi connectivity index (χ3v) is 21.9. The van der Waals surface area contributed by atoms with Gasteiger partial charge in [-0.25, -0.2) is 56.5 Å². The number of hydrogen-bond acceptors (Lipinski definition) is 29. The molecule has 6 aromatic rings. The van der Waals surface area contributed by atoms with E-state index in [-0.39, 0.29) is 87.1 Å². The first kappa shape index (κ1) is 87.0. The molecule has 6 aliphatic heterocycles. The fraction of sp³-hybridized carbons (Fsp3) is 0.432. The Hall–Kier alpha value is -8.35. The molecule has 3 aromatic heterocycles. The van der Waals surface area contributed by atoms with Gasteiger partial charge in [-0.2, -0.15) is 0 Å². The number of esters is 3. The minimum Gasteiger partial charge on any atom is -0.480 e. The standard InChI is InChI=1S/C26H30BrF2N5O4S.C24H26BrFN4O6S.C24H26ClFN4O6S/c1-3-38-26(37)22-20(13-34-11-16(29)4-6-17(34)12-33(2)14-21(35)36)31-24(25-30-8-9-39-25)32-23(22)18-7-5-15(28)10-19(18)27;2*1-2-35-24(33)20-18(11-30-6-7-36-15(10-30)12-34-13-19(31)32)28-22(23-27-5-8-37-23)29-21(20)16-4-3-14(26)9-17(16)25/h5,7-10,16-17,23H,3-4,6,11-14H2,1-2H3,(H,31,32)(H,35,36);2*3-5,8-9,15,21H,2,6-7,10-13H2,1H3,(H,28,29)(H,31,32)/t16?,17?,23-;2*15?,21-/m000/s1. The molecule has 3 aromatic carbocycles. The number of rotatable bonds is 30. The largest absolute Gasteiger partial charge is 0.480 e. The zero-order valence-corrected chi connectivity index (χ0v) is 67.9. The number of carboxylic acids is 3. The van der Waals surface area contributed by atoms with Crippen LogP contribution in [0.25, 0.3) is 0 Å². The lowest BCUT2D eigenvalue weighted by Gasteiger charge is -2.40. The molecule has 3 saturated heterocycles. The van der Waals surface area contributed by atoms with Crippen LogP contribution in [0, 0.1) is 17.5 Å². The SMILES string of the molecule is CCOC(=O)C1=C(CN2CC(F)CCC2CN(C)CC(=O)O)NC(c2nccs2)=N[C@H]1c1ccc(F)cc1Br.CCOC(=O)C1=C(CN2CCOC(COCC(=O)O)C2)NC(c2nccs2)=N[C@H]1c1ccc(F)cc1Br.CCOC(=O)C1=C(CN2CCOC(COCC(=O)O)C2)NC(c2nccs2)=N[C@H]1c1ccc(F)cc1Cl. The molecule has 0 radical (unpaired) electrons. The smallest absolute Gasteiger partial charge is 0.338 e. The summed E-state index contributed by atoms with van der Waals surface area (Å²) >= 11 is 17.4. The molecule has 29 nitrogen and oxygen atoms in total. The number of thiazole rings is 3. The van der Waals surface area contributed by atoms with Crippen molar-refractivity contribution in [3.8, 4) is 0 Å². The Morgan fingerprint density at radius 3 is 1.35 bits per heavy atom. The number of carbonyl (C=O) groups excluding carboxylic acids is 3. The van der Waals surface area contributed by atoms with Crippen molar-refractivity contribution in [3.05, 3.63) is 186 Å². The number of aromatic nitrogens is 3. The van der Waals surface area contributed by atoms with E-state index < -0.39 is 90.8 Å². The van der Waals surface area contributed by atoms with Crippen LogP contribution in [0.5, 0.6) is 0 Å². The second kappa shape index (κ2) is 42.3. The number of carbonyl (C=O) groups is 6. The third kappa shape index (κ3) is 24.4. The van der Waals surface area contributed by atoms with Crippen LogP contribution in [0.2, 0.25) is 5.02 Å². The average Bonchev–Trinajstić information content (AvgIpc) is 1.61. The van der Waals surface area contributed by atoms with Crippen LogP contribution in [0.4, 0.5) is 17.6 Å². The lowest BCUT2D eigenvalue weighted by Crippen LogP contribution is -2.52. The van der Waals surface area contributed by atoms with Crippen molar-refractivity contribution in [2.75, 3.05) is 132 Å². The molecule has 6 aliphatic rings. The van der Waals surface area contributed by atoms with E-state index in [4.69, 9.17) is 69.9 Å². The second-order valence-corrected chi connectivity index (χ2v) is 30.8. The van der Waals surface area contributed by atoms with Gasteiger partial charge < -0.3 is 64.4 Å². The second-order valence-electron chi connectivity index (χ2n) is 26.0. The minimum absolute atomic E-state index is 0.125. The summed E-state index contributed by atoms with van der Waals surface area (Å²) in [4.78, 5) is 108. The number of carboxylic acid groups (broad SMARTS) is 3. The van der Waals surface area contributed by atoms with Gasteiger partial charge in [-0.05, 0) is 88.2 Å². The first-order valence-corrected chi connectivity index (χ1v) is 40.3. The number of amidine groups is 3. The number of alkyl halides is 1. The number of likely N-dealkylation sites (N-methyl/N-ethyl adjacent to an activating group) is 1. The Morgan fingerprint density at radius 2 is 0.973 bits per heavy atom. The van der Waals surface area contributed by atoms with Gasteiger partial charge >= 0.3 is 35.8 Å². The summed E-state index contributed by atoms with van der Waals surface area (Å²) in [5.41, 5.74) is 4.08. The van der Waals surface area contributed by atoms with Crippen LogP contribution in [0.3, 0.4) is 0 Å². The van der Waals surface area contributed by atoms with Crippen molar-refractivity contribution in [2.24, 2.45) is 15.0 Å². The number of ether oxygens (including phenoxy) is 7. The van der Waals surface area contributed by atoms with E-state index in [2.05, 4.69) is 72.6 Å². The highest BCUT2D eigenvalue weighted by molar-refractivity contribution is 9.10. The highest BCUT2D eigenvalue weighted by Gasteiger charge is 2.41. The van der Waals surface area contributed by atoms with Crippen LogP contribution in [0.15, 0.2) is 147 Å². The van der Waals surface area contributed by atoms with Gasteiger partial charge in [0.2, 0.25) is 0 Å². The molecular formula is C74H82Br2ClF4N13O16S3. The molecule has 606 valence electrons. The van der Waals surface area contributed by atoms with Gasteiger partial charge in [0.15, 0.2) is 32.5 Å². The van der Waals surface area contributed by atoms with Gasteiger partial charge in [0.1, 0.15) is 55.0 Å². The van der Waals surface area contributed by atoms with Crippen molar-refractivity contribution < 1.29 is 94.8 Å². The van der Waals surface area contributed by atoms with Crippen LogP contribution in [-0.2, 0) is 61.9 Å². The third-order valence-electron chi connectivity index (χ3n) is 17.9. The number of aliphatic carboxylic acids is 3. The van der Waals surface area contributed by atoms with Gasteiger partial charge in [-0.1, -0.05) is 61.7 Å². The summed E-state index contributed by atoms with van der Waals surface area (Å²) in [6.45, 7) is 9.19. The molecule has 113 heavy (non-hydrogen) atoms. The predicted octanol–water partition coefficient (Wildman–Crippen LogP) is 9.17. The highest BCUT2D eigenvalue weighted by atomic mass is 79.9. The molecule has 12 rings (SSSR count). The summed E-state index contributed by atoms with van der Waals surface area (Å²) in [5, 5.41) is 44.1. The number of benzene rings is 3. The number of likely N-dealkylation sites (tertiary alicyclic amines) is 1. The number of nitrogens with one attached hydrogen (secondary N) is 3. The first-order valence-electron chi connectivity index (χ1n) is 35.7. The number of hydrogen-bond donors (Lipinski definition) is 6. The van der Waals surface area contributed by atoms with Gasteiger partial charge in [0, 0.05) is 136 Å². The summed E-state index contributed by atoms with van der Waals surface area (Å²) in [6.07, 6.45) is 4.15. The average molecular weight is 1780 g/mol. The lowest BCUT2D eigenvalue weighted by atomic mass is 9.94. The predicted molar refractivity (Wildman–Crippen MR) is 418 cm³/mol. The van der Waals surface area contributed by atoms with Crippen molar-refractivity contribution in [3.63, 3.8) is 0 Å². The van der Waals surface area contributed by atoms with E-state index in [1.54, 1.807) is 68.8 Å². The van der Waals surface area contributed by atoms with Gasteiger partial charge in [-0.3, -0.25) is 39.4 Å². The molecule has 9 heterocycles. The van der Waals surface area contributed by atoms with Gasteiger partial charge in [0.25, 0.3) is 0 Å². The van der Waals surface area contributed by atoms with Crippen molar-refractivity contribution in [1.82, 2.24) is 50.5 Å². The zero-order chi connectivity index (χ0) is 80.8. The van der Waals surface area contributed by atoms with E-state index in [0.29, 0.717) is 153 Å². The first-order chi connectivity index (χ1) is 54.4. The van der Waals surface area contributed by atoms with Crippen molar-refractivity contribution in [2.45, 2.75) is 76.2 Å². The molecule has 0 bridgehead atoms. The molecule has 0 amide bonds. The number of morpholine rings is 2. The van der Waals surface area contributed by atoms with Crippen LogP contribution in [-0.4, -0.2) is 260 Å². The fourth-order valence-corrected chi connectivity index (χ4v) is 16.2. The van der Waals surface area contributed by atoms with E-state index in [0.717, 1.165) is 0 Å². The Labute approximate surface area is 681 Å². The van der Waals surface area contributed by atoms with Crippen LogP contribution in [0.1, 0.15) is 83.5 Å². The summed E-state index contributed by atoms with van der Waals surface area (Å²) in [7, 11) is 1.71. The van der Waals surface area contributed by atoms with Crippen LogP contribution >= 0.6 is 77.5 Å². The maximum absolute atomic E-state index is 14.7. The van der Waals surface area contributed by atoms with E-state index in [9.17, 15) is 51.4 Å². The normalized spacial score (nSPS) is 20.9. The number of piperidine rings is 1. The Morgan fingerprint density at radius 1 is 0.575 bits per heavy atom. The fourth-order valence-electron chi connectivity index (χ4n) is 13.1. The summed E-state index contributed by atoms with van der Waals surface area (Å²) < 4.78 is 95.4. The zero-order valence-electron chi connectivity index (χ0n) is 61.5. The molecular weight excluding hydrogens is 1690 g/mol. The quantitative estimate of drug-likeness (QED) is 0.0139. The molecule has 0 spiro atoms. The number of nitrogens with zero attached hydrogens (tertiary/aromatic N) is 10. The Bertz CT molecular complexity index is 4350. The monoisotopic (exact) mass is 1770 g/mol. The molecule has 3 fully saturated rings. The molecule has 39 heteroatoms. The molecule has 0 saturated carbocycles. The molecule has 7 atom stereocenters. The Kier molecular flexibility index (Phi) is 32.6. The maximum atomic E-state index is 14.7. The number of aliphatic imine (C=N–C) groups is 3. The molecule has 6 N–H and O–H groups in total. The van der Waals surface area contributed by atoms with E-state index in [1.165, 1.54) is 76.5 Å². The summed E-state index contributed by atoms with van der Waals surface area (Å²) in [6, 6.07) is 9.81. The molecule has 4 unspecified atom stereocenters. The van der Waals surface area contributed by atoms with Crippen molar-refractivity contribution in [1.29, 1.82) is 0 Å². The topological polar surface area (TPSA) is 353 Å². The van der Waals surface area contributed by atoms with Crippen LogP contribution < -0.4 is 16.0 Å². The van der Waals surface area contributed by atoms with Gasteiger partial charge in [0.05, 0.1) is 81.7 Å². The maximum Gasteiger partial charge on any atom is 0.338 e. The van der Waals surface area contributed by atoms with E-state index >= 15 is 0 Å². The number of halogens is 7. The Balaban J connectivity index is 0.000000180. The molecule has 0 aliphatic carbocycles. The lowest BCUT2D eigenvalue weighted by molar-refractivity contribution is -0.145. The minimum atomic E-state index is -1.06. The van der Waals surface area contributed by atoms with E-state index in [1.807, 2.05) is 15.7 Å².